The molecule has 0 bridgehead atoms. The average molecular weight is 503 g/mol. The molecule has 2 aromatic rings. The van der Waals surface area contributed by atoms with Crippen LogP contribution in [0.5, 0.6) is 5.75 Å². The first kappa shape index (κ1) is 25.9. The van der Waals surface area contributed by atoms with Gasteiger partial charge in [0.1, 0.15) is 11.8 Å². The Hall–Kier alpha value is -2.34. The number of carbonyl (C=O) groups is 2. The minimum Gasteiger partial charge on any atom is -0.484 e. The van der Waals surface area contributed by atoms with Gasteiger partial charge in [-0.1, -0.05) is 61.0 Å². The molecule has 0 aliphatic carbocycles. The predicted octanol–water partition coefficient (Wildman–Crippen LogP) is 5.33. The van der Waals surface area contributed by atoms with Gasteiger partial charge in [-0.2, -0.15) is 0 Å². The van der Waals surface area contributed by atoms with Gasteiger partial charge in [0.05, 0.1) is 0 Å². The van der Waals surface area contributed by atoms with Gasteiger partial charge in [0.2, 0.25) is 5.91 Å². The van der Waals surface area contributed by atoms with E-state index < -0.39 is 6.04 Å². The minimum absolute atomic E-state index is 0.125. The summed E-state index contributed by atoms with van der Waals surface area (Å²) in [5.41, 5.74) is 4.20. The fourth-order valence-electron chi connectivity index (χ4n) is 3.53. The zero-order valence-corrected chi connectivity index (χ0v) is 21.6. The molecule has 0 saturated carbocycles. The first-order chi connectivity index (χ1) is 15.1. The van der Waals surface area contributed by atoms with Crippen LogP contribution >= 0.6 is 15.9 Å². The molecule has 0 aromatic heterocycles. The van der Waals surface area contributed by atoms with Gasteiger partial charge in [-0.15, -0.1) is 0 Å². The second kappa shape index (κ2) is 12.0. The van der Waals surface area contributed by atoms with Crippen molar-refractivity contribution >= 4 is 27.7 Å². The van der Waals surface area contributed by atoms with Crippen molar-refractivity contribution in [1.82, 2.24) is 10.2 Å². The molecule has 1 N–H and O–H groups in total. The lowest BCUT2D eigenvalue weighted by Gasteiger charge is -2.31. The van der Waals surface area contributed by atoms with Gasteiger partial charge in [0, 0.05) is 17.6 Å². The average Bonchev–Trinajstić information content (AvgIpc) is 2.75. The number of carbonyl (C=O) groups excluding carboxylic acids is 2. The number of nitrogens with zero attached hydrogens (tertiary/aromatic N) is 1. The van der Waals surface area contributed by atoms with E-state index in [0.717, 1.165) is 26.7 Å². The largest absolute Gasteiger partial charge is 0.484 e. The van der Waals surface area contributed by atoms with E-state index in [-0.39, 0.29) is 18.4 Å². The van der Waals surface area contributed by atoms with Crippen LogP contribution in [0.15, 0.2) is 40.9 Å². The van der Waals surface area contributed by atoms with Crippen LogP contribution in [0.25, 0.3) is 0 Å². The lowest BCUT2D eigenvalue weighted by atomic mass is 10.1. The zero-order chi connectivity index (χ0) is 23.8. The van der Waals surface area contributed by atoms with Crippen molar-refractivity contribution in [3.63, 3.8) is 0 Å². The molecular formula is C26H35BrN2O3. The zero-order valence-electron chi connectivity index (χ0n) is 20.0. The van der Waals surface area contributed by atoms with Crippen LogP contribution in [0.4, 0.5) is 0 Å². The molecule has 2 amide bonds. The SMILES string of the molecule is CC[C@@H](C(=O)NCC(C)C)N(Cc1ccccc1C)C(=O)COc1cc(C)c(Br)c(C)c1. The predicted molar refractivity (Wildman–Crippen MR) is 133 cm³/mol. The van der Waals surface area contributed by atoms with E-state index in [1.165, 1.54) is 0 Å². The van der Waals surface area contributed by atoms with E-state index >= 15 is 0 Å². The highest BCUT2D eigenvalue weighted by Gasteiger charge is 2.29. The van der Waals surface area contributed by atoms with Crippen molar-refractivity contribution in [2.75, 3.05) is 13.2 Å². The number of amides is 2. The first-order valence-corrected chi connectivity index (χ1v) is 11.9. The van der Waals surface area contributed by atoms with Crippen LogP contribution in [0, 0.1) is 26.7 Å². The standard InChI is InChI=1S/C26H35BrN2O3/c1-7-23(26(31)28-14-17(2)3)29(15-21-11-9-8-10-18(21)4)24(30)16-32-22-12-19(5)25(27)20(6)13-22/h8-13,17,23H,7,14-16H2,1-6H3,(H,28,31)/t23-/m0/s1. The molecule has 0 spiro atoms. The number of nitrogens with one attached hydrogen (secondary N) is 1. The second-order valence-electron chi connectivity index (χ2n) is 8.67. The topological polar surface area (TPSA) is 58.6 Å². The highest BCUT2D eigenvalue weighted by Crippen LogP contribution is 2.26. The van der Waals surface area contributed by atoms with E-state index in [1.54, 1.807) is 4.90 Å². The van der Waals surface area contributed by atoms with Crippen LogP contribution in [0.1, 0.15) is 49.4 Å². The summed E-state index contributed by atoms with van der Waals surface area (Å²) in [5, 5.41) is 2.98. The molecule has 174 valence electrons. The van der Waals surface area contributed by atoms with E-state index in [4.69, 9.17) is 4.74 Å². The van der Waals surface area contributed by atoms with E-state index in [2.05, 4.69) is 21.2 Å². The maximum atomic E-state index is 13.3. The van der Waals surface area contributed by atoms with Crippen LogP contribution in [0.3, 0.4) is 0 Å². The van der Waals surface area contributed by atoms with Crippen LogP contribution in [0.2, 0.25) is 0 Å². The summed E-state index contributed by atoms with van der Waals surface area (Å²) < 4.78 is 6.89. The van der Waals surface area contributed by atoms with Crippen molar-refractivity contribution in [2.24, 2.45) is 5.92 Å². The summed E-state index contributed by atoms with van der Waals surface area (Å²) in [6.07, 6.45) is 0.526. The lowest BCUT2D eigenvalue weighted by Crippen LogP contribution is -2.50. The summed E-state index contributed by atoms with van der Waals surface area (Å²) in [4.78, 5) is 27.9. The van der Waals surface area contributed by atoms with Crippen molar-refractivity contribution in [1.29, 1.82) is 0 Å². The Morgan fingerprint density at radius 2 is 1.69 bits per heavy atom. The van der Waals surface area contributed by atoms with Crippen molar-refractivity contribution in [3.05, 3.63) is 63.1 Å². The molecule has 0 unspecified atom stereocenters. The van der Waals surface area contributed by atoms with Crippen molar-refractivity contribution in [3.8, 4) is 5.75 Å². The number of hydrogen-bond acceptors (Lipinski definition) is 3. The molecule has 5 nitrogen and oxygen atoms in total. The maximum Gasteiger partial charge on any atom is 0.261 e. The fraction of sp³-hybridized carbons (Fsp3) is 0.462. The quantitative estimate of drug-likeness (QED) is 0.477. The lowest BCUT2D eigenvalue weighted by molar-refractivity contribution is -0.143. The molecular weight excluding hydrogens is 468 g/mol. The van der Waals surface area contributed by atoms with Crippen molar-refractivity contribution in [2.45, 2.75) is 60.5 Å². The number of halogens is 1. The summed E-state index contributed by atoms with van der Waals surface area (Å²) in [6.45, 7) is 12.8. The molecule has 0 aliphatic rings. The molecule has 0 radical (unpaired) electrons. The maximum absolute atomic E-state index is 13.3. The minimum atomic E-state index is -0.558. The Kier molecular flexibility index (Phi) is 9.76. The van der Waals surface area contributed by atoms with Gasteiger partial charge >= 0.3 is 0 Å². The summed E-state index contributed by atoms with van der Waals surface area (Å²) in [5.74, 6) is 0.644. The highest BCUT2D eigenvalue weighted by molar-refractivity contribution is 9.10. The van der Waals surface area contributed by atoms with Crippen LogP contribution < -0.4 is 10.1 Å². The monoisotopic (exact) mass is 502 g/mol. The Morgan fingerprint density at radius 3 is 2.25 bits per heavy atom. The van der Waals surface area contributed by atoms with E-state index in [1.807, 2.05) is 77.9 Å². The van der Waals surface area contributed by atoms with E-state index in [0.29, 0.717) is 31.2 Å². The third kappa shape index (κ3) is 7.09. The fourth-order valence-corrected chi connectivity index (χ4v) is 3.76. The third-order valence-corrected chi connectivity index (χ3v) is 6.70. The summed E-state index contributed by atoms with van der Waals surface area (Å²) >= 11 is 3.55. The Labute approximate surface area is 200 Å². The number of rotatable bonds is 10. The number of aryl methyl sites for hydroxylation is 3. The molecule has 0 heterocycles. The molecule has 0 fully saturated rings. The van der Waals surface area contributed by atoms with Gasteiger partial charge in [0.25, 0.3) is 5.91 Å². The summed E-state index contributed by atoms with van der Waals surface area (Å²) in [7, 11) is 0. The van der Waals surface area contributed by atoms with Gasteiger partial charge in [-0.3, -0.25) is 9.59 Å². The number of hydrogen-bond donors (Lipinski definition) is 1. The molecule has 2 aromatic carbocycles. The van der Waals surface area contributed by atoms with Crippen LogP contribution in [-0.2, 0) is 16.1 Å². The van der Waals surface area contributed by atoms with Gasteiger partial charge in [0.15, 0.2) is 6.61 Å². The smallest absolute Gasteiger partial charge is 0.261 e. The Morgan fingerprint density at radius 1 is 1.06 bits per heavy atom. The summed E-state index contributed by atoms with van der Waals surface area (Å²) in [6, 6.07) is 11.2. The normalized spacial score (nSPS) is 11.9. The molecule has 0 saturated heterocycles. The number of ether oxygens (including phenoxy) is 1. The molecule has 2 rings (SSSR count). The highest BCUT2D eigenvalue weighted by atomic mass is 79.9. The third-order valence-electron chi connectivity index (χ3n) is 5.44. The van der Waals surface area contributed by atoms with Crippen LogP contribution in [-0.4, -0.2) is 35.9 Å². The second-order valence-corrected chi connectivity index (χ2v) is 9.46. The van der Waals surface area contributed by atoms with Gasteiger partial charge in [-0.05, 0) is 67.5 Å². The van der Waals surface area contributed by atoms with Crippen molar-refractivity contribution < 1.29 is 14.3 Å². The van der Waals surface area contributed by atoms with E-state index in [9.17, 15) is 9.59 Å². The Bertz CT molecular complexity index is 919. The Balaban J connectivity index is 2.24. The number of benzene rings is 2. The molecule has 0 aliphatic heterocycles. The molecule has 32 heavy (non-hydrogen) atoms. The molecule has 6 heteroatoms. The molecule has 1 atom stereocenters. The van der Waals surface area contributed by atoms with Gasteiger partial charge in [-0.25, -0.2) is 0 Å². The van der Waals surface area contributed by atoms with Gasteiger partial charge < -0.3 is 15.0 Å². The first-order valence-electron chi connectivity index (χ1n) is 11.1.